The first kappa shape index (κ1) is 20.8. The van der Waals surface area contributed by atoms with Crippen LogP contribution in [0.1, 0.15) is 29.1 Å². The average Bonchev–Trinajstić information content (AvgIpc) is 3.10. The van der Waals surface area contributed by atoms with Gasteiger partial charge >= 0.3 is 6.18 Å². The van der Waals surface area contributed by atoms with Crippen LogP contribution in [0.25, 0.3) is 11.0 Å². The normalized spacial score (nSPS) is 12.6. The highest BCUT2D eigenvalue weighted by Gasteiger charge is 2.29. The molecular formula is C19H16ClF3N2O4. The lowest BCUT2D eigenvalue weighted by atomic mass is 10.2. The number of nitrogens with one attached hydrogen (secondary N) is 1. The minimum atomic E-state index is -4.52. The Morgan fingerprint density at radius 2 is 2.10 bits per heavy atom. The van der Waals surface area contributed by atoms with Crippen LogP contribution in [-0.2, 0) is 0 Å². The molecule has 6 nitrogen and oxygen atoms in total. The minimum absolute atomic E-state index is 0.0647. The number of halogens is 4. The van der Waals surface area contributed by atoms with E-state index in [0.29, 0.717) is 17.1 Å². The van der Waals surface area contributed by atoms with Crippen molar-refractivity contribution < 1.29 is 31.9 Å². The molecule has 0 aliphatic carbocycles. The summed E-state index contributed by atoms with van der Waals surface area (Å²) < 4.78 is 52.3. The predicted octanol–water partition coefficient (Wildman–Crippen LogP) is 4.92. The van der Waals surface area contributed by atoms with E-state index in [9.17, 15) is 18.0 Å². The number of amides is 1. The molecule has 1 amide bonds. The molecule has 1 aromatic carbocycles. The fourth-order valence-corrected chi connectivity index (χ4v) is 2.81. The number of carbonyl (C=O) groups excluding carboxylic acids is 1. The maximum absolute atomic E-state index is 12.5. The van der Waals surface area contributed by atoms with E-state index in [-0.39, 0.29) is 10.6 Å². The van der Waals surface area contributed by atoms with Crippen molar-refractivity contribution in [3.63, 3.8) is 0 Å². The second kappa shape index (κ2) is 8.20. The van der Waals surface area contributed by atoms with E-state index in [1.165, 1.54) is 13.2 Å². The van der Waals surface area contributed by atoms with Gasteiger partial charge in [-0.15, -0.1) is 0 Å². The molecule has 1 atom stereocenters. The summed E-state index contributed by atoms with van der Waals surface area (Å²) in [5, 5.41) is 3.33. The van der Waals surface area contributed by atoms with Gasteiger partial charge in [0.05, 0.1) is 18.7 Å². The highest BCUT2D eigenvalue weighted by Crippen LogP contribution is 2.31. The van der Waals surface area contributed by atoms with Crippen LogP contribution < -0.4 is 14.8 Å². The second-order valence-electron chi connectivity index (χ2n) is 6.14. The van der Waals surface area contributed by atoms with E-state index in [1.54, 1.807) is 19.1 Å². The van der Waals surface area contributed by atoms with Crippen molar-refractivity contribution in [1.82, 2.24) is 10.3 Å². The number of para-hydroxylation sites is 1. The van der Waals surface area contributed by atoms with Crippen LogP contribution in [0.5, 0.6) is 11.6 Å². The molecular weight excluding hydrogens is 413 g/mol. The number of aromatic nitrogens is 1. The zero-order valence-electron chi connectivity index (χ0n) is 15.3. The van der Waals surface area contributed by atoms with E-state index in [2.05, 4.69) is 15.0 Å². The lowest BCUT2D eigenvalue weighted by Gasteiger charge is -2.13. The molecule has 154 valence electrons. The molecule has 1 unspecified atom stereocenters. The van der Waals surface area contributed by atoms with Crippen molar-refractivity contribution in [2.75, 3.05) is 13.7 Å². The van der Waals surface area contributed by atoms with Crippen molar-refractivity contribution in [3.8, 4) is 11.6 Å². The van der Waals surface area contributed by atoms with Gasteiger partial charge in [-0.05, 0) is 25.1 Å². The number of pyridine rings is 1. The Bertz CT molecular complexity index is 1040. The van der Waals surface area contributed by atoms with Crippen LogP contribution >= 0.6 is 11.6 Å². The number of methoxy groups -OCH3 is 1. The number of nitrogens with zero attached hydrogens (tertiary/aromatic N) is 1. The van der Waals surface area contributed by atoms with Crippen LogP contribution in [0.2, 0.25) is 5.02 Å². The SMILES string of the molecule is COc1cccc2cc(C(C)NC(=O)c3cnc(OCC(F)(F)F)c(Cl)c3)oc12. The average molecular weight is 429 g/mol. The predicted molar refractivity (Wildman–Crippen MR) is 99.4 cm³/mol. The smallest absolute Gasteiger partial charge is 0.422 e. The Morgan fingerprint density at radius 1 is 1.34 bits per heavy atom. The van der Waals surface area contributed by atoms with Crippen LogP contribution in [0.15, 0.2) is 40.9 Å². The van der Waals surface area contributed by atoms with Crippen molar-refractivity contribution in [2.24, 2.45) is 0 Å². The number of rotatable bonds is 6. The number of carbonyl (C=O) groups is 1. The third-order valence-corrected chi connectivity index (χ3v) is 4.23. The van der Waals surface area contributed by atoms with E-state index >= 15 is 0 Å². The third kappa shape index (κ3) is 4.92. The molecule has 3 aromatic rings. The number of hydrogen-bond donors (Lipinski definition) is 1. The zero-order chi connectivity index (χ0) is 21.2. The first-order valence-electron chi connectivity index (χ1n) is 8.40. The zero-order valence-corrected chi connectivity index (χ0v) is 16.1. The van der Waals surface area contributed by atoms with Gasteiger partial charge in [-0.2, -0.15) is 13.2 Å². The topological polar surface area (TPSA) is 73.6 Å². The lowest BCUT2D eigenvalue weighted by molar-refractivity contribution is -0.154. The Hall–Kier alpha value is -2.94. The highest BCUT2D eigenvalue weighted by molar-refractivity contribution is 6.32. The molecule has 3 rings (SSSR count). The molecule has 2 heterocycles. The summed E-state index contributed by atoms with van der Waals surface area (Å²) in [4.78, 5) is 16.1. The number of furan rings is 1. The summed E-state index contributed by atoms with van der Waals surface area (Å²) in [7, 11) is 1.53. The van der Waals surface area contributed by atoms with Gasteiger partial charge in [0.1, 0.15) is 10.8 Å². The van der Waals surface area contributed by atoms with Gasteiger partial charge in [0, 0.05) is 11.6 Å². The summed E-state index contributed by atoms with van der Waals surface area (Å²) in [6.07, 6.45) is -3.44. The van der Waals surface area contributed by atoms with Gasteiger partial charge in [0.15, 0.2) is 17.9 Å². The Balaban J connectivity index is 1.72. The largest absolute Gasteiger partial charge is 0.493 e. The Morgan fingerprint density at radius 3 is 2.76 bits per heavy atom. The number of hydrogen-bond acceptors (Lipinski definition) is 5. The summed E-state index contributed by atoms with van der Waals surface area (Å²) in [5.41, 5.74) is 0.622. The number of ether oxygens (including phenoxy) is 2. The van der Waals surface area contributed by atoms with Gasteiger partial charge in [-0.1, -0.05) is 23.7 Å². The number of benzene rings is 1. The molecule has 0 aliphatic rings. The molecule has 1 N–H and O–H groups in total. The van der Waals surface area contributed by atoms with E-state index in [0.717, 1.165) is 11.6 Å². The Labute approximate surface area is 168 Å². The molecule has 0 aliphatic heterocycles. The maximum Gasteiger partial charge on any atom is 0.422 e. The summed E-state index contributed by atoms with van der Waals surface area (Å²) in [6, 6.07) is 7.89. The first-order chi connectivity index (χ1) is 13.7. The molecule has 0 saturated heterocycles. The summed E-state index contributed by atoms with van der Waals surface area (Å²) >= 11 is 5.88. The monoisotopic (exact) mass is 428 g/mol. The molecule has 29 heavy (non-hydrogen) atoms. The van der Waals surface area contributed by atoms with E-state index in [4.69, 9.17) is 20.8 Å². The molecule has 2 aromatic heterocycles. The van der Waals surface area contributed by atoms with Gasteiger partial charge in [0.25, 0.3) is 5.91 Å². The van der Waals surface area contributed by atoms with Gasteiger partial charge in [-0.3, -0.25) is 4.79 Å². The number of fused-ring (bicyclic) bond motifs is 1. The fourth-order valence-electron chi connectivity index (χ4n) is 2.59. The highest BCUT2D eigenvalue weighted by atomic mass is 35.5. The molecule has 0 bridgehead atoms. The van der Waals surface area contributed by atoms with Crippen molar-refractivity contribution in [3.05, 3.63) is 52.9 Å². The fraction of sp³-hybridized carbons (Fsp3) is 0.263. The van der Waals surface area contributed by atoms with Crippen LogP contribution in [0.4, 0.5) is 13.2 Å². The van der Waals surface area contributed by atoms with Crippen molar-refractivity contribution in [2.45, 2.75) is 19.1 Å². The quantitative estimate of drug-likeness (QED) is 0.603. The van der Waals surface area contributed by atoms with Crippen molar-refractivity contribution >= 4 is 28.5 Å². The lowest BCUT2D eigenvalue weighted by Crippen LogP contribution is -2.26. The first-order valence-corrected chi connectivity index (χ1v) is 8.78. The van der Waals surface area contributed by atoms with Crippen LogP contribution in [0, 0.1) is 0 Å². The molecule has 0 saturated carbocycles. The van der Waals surface area contributed by atoms with Crippen LogP contribution in [-0.4, -0.2) is 30.8 Å². The van der Waals surface area contributed by atoms with E-state index < -0.39 is 30.6 Å². The Kier molecular flexibility index (Phi) is 5.88. The van der Waals surface area contributed by atoms with Crippen LogP contribution in [0.3, 0.4) is 0 Å². The second-order valence-corrected chi connectivity index (χ2v) is 6.54. The van der Waals surface area contributed by atoms with E-state index in [1.807, 2.05) is 12.1 Å². The molecule has 0 radical (unpaired) electrons. The maximum atomic E-state index is 12.5. The summed E-state index contributed by atoms with van der Waals surface area (Å²) in [6.45, 7) is 0.190. The summed E-state index contributed by atoms with van der Waals surface area (Å²) in [5.74, 6) is 0.138. The number of alkyl halides is 3. The van der Waals surface area contributed by atoms with Crippen molar-refractivity contribution in [1.29, 1.82) is 0 Å². The standard InChI is InChI=1S/C19H16ClF3N2O4/c1-10(15-7-11-4-3-5-14(27-2)16(11)29-15)25-17(26)12-6-13(20)18(24-8-12)28-9-19(21,22)23/h3-8,10H,9H2,1-2H3,(H,25,26). The van der Waals surface area contributed by atoms with Gasteiger partial charge < -0.3 is 19.2 Å². The molecule has 0 spiro atoms. The third-order valence-electron chi connectivity index (χ3n) is 3.96. The molecule has 0 fully saturated rings. The molecule has 10 heteroatoms. The van der Waals surface area contributed by atoms with Gasteiger partial charge in [-0.25, -0.2) is 4.98 Å². The minimum Gasteiger partial charge on any atom is -0.493 e. The van der Waals surface area contributed by atoms with Gasteiger partial charge in [0.2, 0.25) is 5.88 Å².